The number of rotatable bonds is 5. The Kier molecular flexibility index (Phi) is 5.32. The summed E-state index contributed by atoms with van der Waals surface area (Å²) in [5.41, 5.74) is 2.33. The number of likely N-dealkylation sites (N-methyl/N-ethyl adjacent to an activating group) is 1. The van der Waals surface area contributed by atoms with Crippen molar-refractivity contribution < 1.29 is 9.47 Å². The maximum absolute atomic E-state index is 6.70. The molecule has 0 aromatic heterocycles. The van der Waals surface area contributed by atoms with Gasteiger partial charge in [-0.1, -0.05) is 54.1 Å². The third-order valence-corrected chi connectivity index (χ3v) is 6.23. The molecule has 2 aromatic rings. The lowest BCUT2D eigenvalue weighted by Crippen LogP contribution is -2.45. The summed E-state index contributed by atoms with van der Waals surface area (Å²) in [5, 5.41) is 0.751. The molecule has 4 heteroatoms. The molecule has 2 fully saturated rings. The van der Waals surface area contributed by atoms with Gasteiger partial charge in [0.2, 0.25) is 0 Å². The minimum absolute atomic E-state index is 0.0673. The summed E-state index contributed by atoms with van der Waals surface area (Å²) in [4.78, 5) is 2.48. The molecule has 4 rings (SSSR count). The van der Waals surface area contributed by atoms with Crippen molar-refractivity contribution in [2.24, 2.45) is 0 Å². The van der Waals surface area contributed by atoms with Crippen molar-refractivity contribution in [3.05, 3.63) is 70.7 Å². The molecule has 0 N–H and O–H groups in total. The quantitative estimate of drug-likeness (QED) is 0.760. The number of ether oxygens (including phenoxy) is 2. The first-order valence-corrected chi connectivity index (χ1v) is 9.74. The molecule has 26 heavy (non-hydrogen) atoms. The standard InChI is InChI=1S/C22H26ClNO2/c1-24-18-12-19(14-20(24)21(13-18)25-2)26-22(15-6-4-3-5-7-15)16-8-10-17(23)11-9-16/h3-11,18-22H,12-14H2,1-2H3/t18-,19+,20-,21+,22?/m1/s1. The summed E-state index contributed by atoms with van der Waals surface area (Å²) in [6.45, 7) is 0. The fourth-order valence-electron chi connectivity index (χ4n) is 4.55. The Hall–Kier alpha value is -1.39. The van der Waals surface area contributed by atoms with Gasteiger partial charge >= 0.3 is 0 Å². The van der Waals surface area contributed by atoms with Crippen LogP contribution in [-0.4, -0.2) is 43.3 Å². The fourth-order valence-corrected chi connectivity index (χ4v) is 4.67. The van der Waals surface area contributed by atoms with Crippen LogP contribution in [0.1, 0.15) is 36.5 Å². The molecule has 2 heterocycles. The molecule has 2 aliphatic heterocycles. The van der Waals surface area contributed by atoms with Crippen LogP contribution in [0.25, 0.3) is 0 Å². The van der Waals surface area contributed by atoms with E-state index in [-0.39, 0.29) is 12.2 Å². The van der Waals surface area contributed by atoms with E-state index in [1.165, 1.54) is 5.56 Å². The predicted octanol–water partition coefficient (Wildman–Crippen LogP) is 4.70. The highest BCUT2D eigenvalue weighted by atomic mass is 35.5. The van der Waals surface area contributed by atoms with E-state index in [2.05, 4.69) is 48.3 Å². The Morgan fingerprint density at radius 3 is 2.35 bits per heavy atom. The second kappa shape index (κ2) is 7.69. The van der Waals surface area contributed by atoms with Gasteiger partial charge in [-0.15, -0.1) is 0 Å². The highest BCUT2D eigenvalue weighted by molar-refractivity contribution is 6.30. The van der Waals surface area contributed by atoms with E-state index < -0.39 is 0 Å². The number of hydrogen-bond acceptors (Lipinski definition) is 3. The normalized spacial score (nSPS) is 29.7. The Morgan fingerprint density at radius 1 is 0.962 bits per heavy atom. The summed E-state index contributed by atoms with van der Waals surface area (Å²) in [6, 6.07) is 19.5. The van der Waals surface area contributed by atoms with Gasteiger partial charge in [-0.25, -0.2) is 0 Å². The largest absolute Gasteiger partial charge is 0.380 e. The van der Waals surface area contributed by atoms with Crippen molar-refractivity contribution in [3.63, 3.8) is 0 Å². The number of benzene rings is 2. The van der Waals surface area contributed by atoms with E-state index in [1.54, 1.807) is 0 Å². The first-order valence-electron chi connectivity index (χ1n) is 9.36. The van der Waals surface area contributed by atoms with Gasteiger partial charge in [-0.05, 0) is 49.6 Å². The first-order chi connectivity index (χ1) is 12.7. The van der Waals surface area contributed by atoms with Gasteiger partial charge < -0.3 is 9.47 Å². The second-order valence-corrected chi connectivity index (χ2v) is 7.90. The van der Waals surface area contributed by atoms with E-state index in [0.717, 1.165) is 29.8 Å². The summed E-state index contributed by atoms with van der Waals surface area (Å²) in [5.74, 6) is 0. The van der Waals surface area contributed by atoms with Crippen molar-refractivity contribution >= 4 is 11.6 Å². The van der Waals surface area contributed by atoms with Crippen LogP contribution in [0.3, 0.4) is 0 Å². The van der Waals surface area contributed by atoms with Crippen LogP contribution >= 0.6 is 11.6 Å². The number of hydrogen-bond donors (Lipinski definition) is 0. The molecule has 2 saturated heterocycles. The zero-order valence-electron chi connectivity index (χ0n) is 15.3. The minimum atomic E-state index is -0.0673. The third-order valence-electron chi connectivity index (χ3n) is 5.98. The summed E-state index contributed by atoms with van der Waals surface area (Å²) < 4.78 is 12.4. The Morgan fingerprint density at radius 2 is 1.65 bits per heavy atom. The van der Waals surface area contributed by atoms with Crippen molar-refractivity contribution in [2.45, 2.75) is 49.7 Å². The zero-order chi connectivity index (χ0) is 18.1. The van der Waals surface area contributed by atoms with Gasteiger partial charge in [0.1, 0.15) is 6.10 Å². The molecule has 0 amide bonds. The molecule has 0 spiro atoms. The Bertz CT molecular complexity index is 721. The molecule has 0 aliphatic carbocycles. The van der Waals surface area contributed by atoms with Crippen LogP contribution < -0.4 is 0 Å². The minimum Gasteiger partial charge on any atom is -0.380 e. The number of fused-ring (bicyclic) bond motifs is 2. The monoisotopic (exact) mass is 371 g/mol. The van der Waals surface area contributed by atoms with Gasteiger partial charge in [0.05, 0.1) is 12.2 Å². The average Bonchev–Trinajstić information content (AvgIpc) is 2.85. The van der Waals surface area contributed by atoms with Gasteiger partial charge in [0.15, 0.2) is 0 Å². The van der Waals surface area contributed by atoms with Crippen LogP contribution in [0.2, 0.25) is 5.02 Å². The van der Waals surface area contributed by atoms with Crippen LogP contribution in [-0.2, 0) is 9.47 Å². The molecule has 2 aliphatic rings. The smallest absolute Gasteiger partial charge is 0.108 e. The van der Waals surface area contributed by atoms with Crippen molar-refractivity contribution in [2.75, 3.05) is 14.2 Å². The predicted molar refractivity (Wildman–Crippen MR) is 105 cm³/mol. The van der Waals surface area contributed by atoms with E-state index in [0.29, 0.717) is 18.2 Å². The van der Waals surface area contributed by atoms with Gasteiger partial charge in [-0.3, -0.25) is 4.90 Å². The van der Waals surface area contributed by atoms with Crippen molar-refractivity contribution in [1.29, 1.82) is 0 Å². The highest BCUT2D eigenvalue weighted by Crippen LogP contribution is 2.40. The molecular formula is C22H26ClNO2. The molecule has 5 atom stereocenters. The maximum atomic E-state index is 6.70. The van der Waals surface area contributed by atoms with E-state index in [1.807, 2.05) is 25.3 Å². The molecule has 1 unspecified atom stereocenters. The first kappa shape index (κ1) is 18.0. The van der Waals surface area contributed by atoms with Crippen LogP contribution in [0.5, 0.6) is 0 Å². The van der Waals surface area contributed by atoms with Crippen LogP contribution in [0.15, 0.2) is 54.6 Å². The zero-order valence-corrected chi connectivity index (χ0v) is 16.1. The SMILES string of the molecule is CO[C@H]1C[C@H]2C[C@H](OC(c3ccccc3)c3ccc(Cl)cc3)C[C@H]1N2C. The molecule has 138 valence electrons. The summed E-state index contributed by atoms with van der Waals surface area (Å²) in [6.07, 6.45) is 3.68. The lowest BCUT2D eigenvalue weighted by molar-refractivity contribution is -0.0523. The fraction of sp³-hybridized carbons (Fsp3) is 0.455. The Balaban J connectivity index is 1.57. The summed E-state index contributed by atoms with van der Waals surface area (Å²) in [7, 11) is 4.05. The van der Waals surface area contributed by atoms with Gasteiger partial charge in [-0.2, -0.15) is 0 Å². The summed E-state index contributed by atoms with van der Waals surface area (Å²) >= 11 is 6.09. The maximum Gasteiger partial charge on any atom is 0.108 e. The van der Waals surface area contributed by atoms with Crippen LogP contribution in [0.4, 0.5) is 0 Å². The van der Waals surface area contributed by atoms with Crippen molar-refractivity contribution in [1.82, 2.24) is 4.90 Å². The average molecular weight is 372 g/mol. The van der Waals surface area contributed by atoms with Crippen molar-refractivity contribution in [3.8, 4) is 0 Å². The van der Waals surface area contributed by atoms with Crippen LogP contribution in [0, 0.1) is 0 Å². The molecular weight excluding hydrogens is 346 g/mol. The highest BCUT2D eigenvalue weighted by Gasteiger charge is 2.46. The molecule has 2 aromatic carbocycles. The Labute approximate surface area is 160 Å². The molecule has 3 nitrogen and oxygen atoms in total. The molecule has 2 bridgehead atoms. The number of piperidine rings is 1. The van der Waals surface area contributed by atoms with E-state index in [4.69, 9.17) is 21.1 Å². The molecule has 0 radical (unpaired) electrons. The number of halogens is 1. The van der Waals surface area contributed by atoms with E-state index in [9.17, 15) is 0 Å². The van der Waals surface area contributed by atoms with E-state index >= 15 is 0 Å². The van der Waals surface area contributed by atoms with Gasteiger partial charge in [0.25, 0.3) is 0 Å². The third kappa shape index (κ3) is 3.54. The number of methoxy groups -OCH3 is 1. The van der Waals surface area contributed by atoms with Gasteiger partial charge in [0, 0.05) is 24.2 Å². The number of nitrogens with zero attached hydrogens (tertiary/aromatic N) is 1. The lowest BCUT2D eigenvalue weighted by atomic mass is 9.97. The second-order valence-electron chi connectivity index (χ2n) is 7.47. The molecule has 0 saturated carbocycles. The topological polar surface area (TPSA) is 21.7 Å². The lowest BCUT2D eigenvalue weighted by Gasteiger charge is -2.38.